The Morgan fingerprint density at radius 1 is 0.360 bits per heavy atom. The molecule has 0 bridgehead atoms. The van der Waals surface area contributed by atoms with Gasteiger partial charge in [0.1, 0.15) is 13.2 Å². The van der Waals surface area contributed by atoms with Crippen LogP contribution in [0, 0.1) is 0 Å². The third-order valence-corrected chi connectivity index (χ3v) is 16.8. The number of carboxylic acids is 1. The molecule has 2 unspecified atom stereocenters. The van der Waals surface area contributed by atoms with Crippen LogP contribution in [0.5, 0.6) is 0 Å². The van der Waals surface area contributed by atoms with Crippen LogP contribution in [0.2, 0.25) is 0 Å². The summed E-state index contributed by atoms with van der Waals surface area (Å²) in [7, 11) is 5.99. The lowest BCUT2D eigenvalue weighted by molar-refractivity contribution is -0.870. The van der Waals surface area contributed by atoms with Gasteiger partial charge in [-0.15, -0.1) is 0 Å². The molecule has 0 amide bonds. The molecule has 0 aromatic rings. The average molecular weight is 1210 g/mol. The monoisotopic (exact) mass is 1210 g/mol. The van der Waals surface area contributed by atoms with E-state index in [0.29, 0.717) is 17.4 Å². The molecule has 0 saturated heterocycles. The summed E-state index contributed by atoms with van der Waals surface area (Å²) in [6.45, 7) is 4.83. The highest BCUT2D eigenvalue weighted by atomic mass is 16.7. The second-order valence-corrected chi connectivity index (χ2v) is 26.6. The number of rotatable bonds is 70. The van der Waals surface area contributed by atoms with Gasteiger partial charge < -0.3 is 28.5 Å². The molecule has 0 aliphatic rings. The average Bonchev–Trinajstić information content (AvgIpc) is 3.63. The van der Waals surface area contributed by atoms with Crippen molar-refractivity contribution in [1.29, 1.82) is 0 Å². The maximum Gasteiger partial charge on any atom is 0.361 e. The number of carboxylic acid groups (broad SMARTS) is 1. The van der Waals surface area contributed by atoms with E-state index in [1.54, 1.807) is 0 Å². The van der Waals surface area contributed by atoms with Crippen LogP contribution in [0.3, 0.4) is 0 Å². The summed E-state index contributed by atoms with van der Waals surface area (Å²) in [4.78, 5) is 37.7. The molecular formula is C77H144NO8+. The minimum absolute atomic E-state index is 0.179. The second-order valence-electron chi connectivity index (χ2n) is 26.6. The Labute approximate surface area is 533 Å². The van der Waals surface area contributed by atoms with Crippen LogP contribution < -0.4 is 0 Å². The predicted octanol–water partition coefficient (Wildman–Crippen LogP) is 23.3. The van der Waals surface area contributed by atoms with Crippen molar-refractivity contribution in [2.24, 2.45) is 0 Å². The first-order valence-electron chi connectivity index (χ1n) is 37.3. The number of nitrogens with zero attached hydrogens (tertiary/aromatic N) is 1. The zero-order valence-corrected chi connectivity index (χ0v) is 57.7. The Balaban J connectivity index is 3.99. The molecule has 504 valence electrons. The second kappa shape index (κ2) is 68.2. The summed E-state index contributed by atoms with van der Waals surface area (Å²) >= 11 is 0. The molecule has 0 heterocycles. The van der Waals surface area contributed by atoms with Gasteiger partial charge in [-0.2, -0.15) is 0 Å². The standard InChI is InChI=1S/C77H143NO8/c1-6-8-10-12-14-16-18-20-22-24-26-28-30-32-33-34-35-36-37-38-39-40-41-42-44-45-47-49-51-53-55-57-59-61-63-65-67-74(79)84-71-73(72-85-77(76(81)82)83-70-69-78(3,4)5)86-75(80)68-66-64-62-60-58-56-54-52-50-48-46-43-31-29-27-25-23-21-19-17-15-13-11-9-7-2/h9,11,15,17,21,23,27,29,73,77H,6-8,10,12-14,16,18-20,22,24-26,28,30-72H2,1-5H3/p+1/b11-9-,17-15-,23-21-,29-27-. The van der Waals surface area contributed by atoms with Gasteiger partial charge in [-0.1, -0.05) is 351 Å². The van der Waals surface area contributed by atoms with E-state index < -0.39 is 24.3 Å². The molecule has 9 nitrogen and oxygen atoms in total. The molecule has 0 rings (SSSR count). The van der Waals surface area contributed by atoms with E-state index in [9.17, 15) is 19.5 Å². The van der Waals surface area contributed by atoms with E-state index in [0.717, 1.165) is 64.2 Å². The molecule has 0 aromatic heterocycles. The lowest BCUT2D eigenvalue weighted by Gasteiger charge is -2.25. The summed E-state index contributed by atoms with van der Waals surface area (Å²) in [6, 6.07) is 0. The smallest absolute Gasteiger partial charge is 0.361 e. The van der Waals surface area contributed by atoms with E-state index in [1.165, 1.54) is 276 Å². The van der Waals surface area contributed by atoms with E-state index >= 15 is 0 Å². The highest BCUT2D eigenvalue weighted by Gasteiger charge is 2.25. The van der Waals surface area contributed by atoms with Crippen molar-refractivity contribution in [3.8, 4) is 0 Å². The normalized spacial score (nSPS) is 12.9. The molecule has 86 heavy (non-hydrogen) atoms. The number of unbranched alkanes of at least 4 members (excludes halogenated alkanes) is 47. The highest BCUT2D eigenvalue weighted by Crippen LogP contribution is 2.19. The quantitative estimate of drug-likeness (QED) is 0.0211. The van der Waals surface area contributed by atoms with E-state index in [4.69, 9.17) is 18.9 Å². The van der Waals surface area contributed by atoms with Gasteiger partial charge in [0.2, 0.25) is 0 Å². The minimum Gasteiger partial charge on any atom is -0.477 e. The SMILES string of the molecule is CC/C=C\C/C=C\C/C=C\C/C=C\CCCCCCCCCCCCCCC(=O)OC(COC(=O)CCCCCCCCCCCCCCCCCCCCCCCCCCCCCCCCCCCCCC)COC(OCC[N+](C)(C)C)C(=O)O. The van der Waals surface area contributed by atoms with Gasteiger partial charge in [-0.05, 0) is 51.4 Å². The lowest BCUT2D eigenvalue weighted by Crippen LogP contribution is -2.40. The van der Waals surface area contributed by atoms with Gasteiger partial charge >= 0.3 is 17.9 Å². The van der Waals surface area contributed by atoms with Crippen LogP contribution in [0.15, 0.2) is 48.6 Å². The van der Waals surface area contributed by atoms with Gasteiger partial charge in [-0.3, -0.25) is 9.59 Å². The van der Waals surface area contributed by atoms with Gasteiger partial charge in [0.15, 0.2) is 6.10 Å². The van der Waals surface area contributed by atoms with Crippen LogP contribution >= 0.6 is 0 Å². The number of hydrogen-bond acceptors (Lipinski definition) is 7. The van der Waals surface area contributed by atoms with Gasteiger partial charge in [0.25, 0.3) is 6.29 Å². The zero-order valence-electron chi connectivity index (χ0n) is 57.7. The van der Waals surface area contributed by atoms with Gasteiger partial charge in [-0.25, -0.2) is 4.79 Å². The van der Waals surface area contributed by atoms with Gasteiger partial charge in [0, 0.05) is 12.8 Å². The fourth-order valence-corrected chi connectivity index (χ4v) is 11.2. The Hall–Kier alpha value is -2.75. The molecular weight excluding hydrogens is 1070 g/mol. The molecule has 0 fully saturated rings. The first kappa shape index (κ1) is 83.2. The summed E-state index contributed by atoms with van der Waals surface area (Å²) in [5.74, 6) is -1.98. The number of carbonyl (C=O) groups excluding carboxylic acids is 2. The number of allylic oxidation sites excluding steroid dienone is 8. The van der Waals surface area contributed by atoms with Crippen molar-refractivity contribution in [3.05, 3.63) is 48.6 Å². The Kier molecular flexibility index (Phi) is 66.0. The molecule has 0 spiro atoms. The Morgan fingerprint density at radius 2 is 0.663 bits per heavy atom. The maximum absolute atomic E-state index is 12.9. The molecule has 1 N–H and O–H groups in total. The summed E-state index contributed by atoms with van der Waals surface area (Å²) in [6.07, 6.45) is 85.4. The number of esters is 2. The van der Waals surface area contributed by atoms with Crippen LogP contribution in [-0.2, 0) is 33.3 Å². The van der Waals surface area contributed by atoms with Crippen molar-refractivity contribution in [2.75, 3.05) is 47.5 Å². The first-order chi connectivity index (χ1) is 42.1. The summed E-state index contributed by atoms with van der Waals surface area (Å²) in [5, 5.41) is 9.75. The summed E-state index contributed by atoms with van der Waals surface area (Å²) in [5.41, 5.74) is 0. The number of quaternary nitrogens is 1. The fraction of sp³-hybridized carbons (Fsp3) is 0.857. The van der Waals surface area contributed by atoms with E-state index in [2.05, 4.69) is 62.5 Å². The van der Waals surface area contributed by atoms with Crippen LogP contribution in [0.4, 0.5) is 0 Å². The van der Waals surface area contributed by atoms with Crippen LogP contribution in [0.1, 0.15) is 367 Å². The third kappa shape index (κ3) is 68.7. The molecule has 9 heteroatoms. The maximum atomic E-state index is 12.9. The number of carbonyl (C=O) groups is 3. The van der Waals surface area contributed by atoms with Crippen LogP contribution in [0.25, 0.3) is 0 Å². The fourth-order valence-electron chi connectivity index (χ4n) is 11.2. The molecule has 0 aliphatic carbocycles. The van der Waals surface area contributed by atoms with Crippen molar-refractivity contribution >= 4 is 17.9 Å². The van der Waals surface area contributed by atoms with Gasteiger partial charge in [0.05, 0.1) is 34.4 Å². The van der Waals surface area contributed by atoms with Crippen molar-refractivity contribution < 1.29 is 42.9 Å². The van der Waals surface area contributed by atoms with Crippen molar-refractivity contribution in [2.45, 2.75) is 379 Å². The molecule has 0 radical (unpaired) electrons. The molecule has 2 atom stereocenters. The Morgan fingerprint density at radius 3 is 0.988 bits per heavy atom. The molecule has 0 saturated carbocycles. The molecule has 0 aromatic carbocycles. The summed E-state index contributed by atoms with van der Waals surface area (Å²) < 4.78 is 23.0. The first-order valence-corrected chi connectivity index (χ1v) is 37.3. The number of likely N-dealkylation sites (N-methyl/N-ethyl adjacent to an activating group) is 1. The topological polar surface area (TPSA) is 108 Å². The number of aliphatic carboxylic acids is 1. The van der Waals surface area contributed by atoms with Crippen molar-refractivity contribution in [3.63, 3.8) is 0 Å². The van der Waals surface area contributed by atoms with E-state index in [-0.39, 0.29) is 32.2 Å². The van der Waals surface area contributed by atoms with E-state index in [1.807, 2.05) is 21.1 Å². The Bertz CT molecular complexity index is 1550. The van der Waals surface area contributed by atoms with Crippen LogP contribution in [-0.4, -0.2) is 87.4 Å². The van der Waals surface area contributed by atoms with Crippen molar-refractivity contribution in [1.82, 2.24) is 0 Å². The molecule has 0 aliphatic heterocycles. The highest BCUT2D eigenvalue weighted by molar-refractivity contribution is 5.71. The zero-order chi connectivity index (χ0) is 62.6. The minimum atomic E-state index is -1.51. The number of hydrogen-bond donors (Lipinski definition) is 1. The number of ether oxygens (including phenoxy) is 4. The largest absolute Gasteiger partial charge is 0.477 e. The lowest BCUT2D eigenvalue weighted by atomic mass is 10.0. The third-order valence-electron chi connectivity index (χ3n) is 16.8. The predicted molar refractivity (Wildman–Crippen MR) is 369 cm³/mol.